The van der Waals surface area contributed by atoms with E-state index in [0.717, 1.165) is 59.1 Å². The Morgan fingerprint density at radius 2 is 1.82 bits per heavy atom. The van der Waals surface area contributed by atoms with Crippen LogP contribution in [0.4, 0.5) is 8.78 Å². The van der Waals surface area contributed by atoms with Crippen LogP contribution in [0.15, 0.2) is 90.1 Å². The summed E-state index contributed by atoms with van der Waals surface area (Å²) >= 11 is 5.06. The van der Waals surface area contributed by atoms with Gasteiger partial charge in [-0.1, -0.05) is 58.7 Å². The van der Waals surface area contributed by atoms with E-state index in [-0.39, 0.29) is 12.0 Å². The number of thiol groups is 1. The Kier molecular flexibility index (Phi) is 7.52. The summed E-state index contributed by atoms with van der Waals surface area (Å²) in [5.74, 6) is -1.18. The van der Waals surface area contributed by atoms with Crippen LogP contribution in [0.2, 0.25) is 0 Å². The van der Waals surface area contributed by atoms with E-state index in [0.29, 0.717) is 29.8 Å². The highest BCUT2D eigenvalue weighted by Gasteiger charge is 2.43. The van der Waals surface area contributed by atoms with Gasteiger partial charge in [-0.25, -0.2) is 8.78 Å². The molecular formula is C32H41F2N3S. The van der Waals surface area contributed by atoms with Gasteiger partial charge in [0.15, 0.2) is 0 Å². The zero-order valence-corrected chi connectivity index (χ0v) is 24.3. The zero-order chi connectivity index (χ0) is 28.2. The number of nitrogens with zero attached hydrogens (tertiary/aromatic N) is 2. The molecule has 2 saturated heterocycles. The van der Waals surface area contributed by atoms with E-state index in [4.69, 9.17) is 12.6 Å². The molecule has 0 radical (unpaired) electrons. The second kappa shape index (κ2) is 10.1. The number of benzene rings is 1. The Labute approximate surface area is 232 Å². The first-order valence-corrected chi connectivity index (χ1v) is 13.7. The van der Waals surface area contributed by atoms with Crippen LogP contribution in [0.25, 0.3) is 0 Å². The number of hydrogen-bond donors (Lipinski definition) is 2. The summed E-state index contributed by atoms with van der Waals surface area (Å²) in [6.45, 7) is 29.8. The van der Waals surface area contributed by atoms with Crippen molar-refractivity contribution in [2.75, 3.05) is 6.54 Å². The summed E-state index contributed by atoms with van der Waals surface area (Å²) in [7, 11) is 0. The maximum Gasteiger partial charge on any atom is 0.131 e. The minimum Gasteiger partial charge on any atom is -0.381 e. The molecular weight excluding hydrogens is 496 g/mol. The normalized spacial score (nSPS) is 23.1. The van der Waals surface area contributed by atoms with Crippen molar-refractivity contribution >= 4 is 12.6 Å². The van der Waals surface area contributed by atoms with E-state index in [1.165, 1.54) is 12.1 Å². The SMILES string of the molecule is C=C(NCc1ccc(F)cc1F)C1=CN2CC3CCC(C)N3C(=C)C2=C(CC(=C)C(C)(S)C(C)(C)C)C1=C. The van der Waals surface area contributed by atoms with Crippen molar-refractivity contribution in [1.29, 1.82) is 0 Å². The smallest absolute Gasteiger partial charge is 0.131 e. The predicted octanol–water partition coefficient (Wildman–Crippen LogP) is 7.64. The second-order valence-corrected chi connectivity index (χ2v) is 13.0. The number of rotatable bonds is 7. The Morgan fingerprint density at radius 3 is 2.45 bits per heavy atom. The van der Waals surface area contributed by atoms with Crippen molar-refractivity contribution < 1.29 is 8.78 Å². The molecule has 0 bridgehead atoms. The van der Waals surface area contributed by atoms with E-state index in [2.05, 4.69) is 82.3 Å². The third kappa shape index (κ3) is 5.00. The van der Waals surface area contributed by atoms with Gasteiger partial charge in [0.25, 0.3) is 0 Å². The molecule has 3 heterocycles. The summed E-state index contributed by atoms with van der Waals surface area (Å²) in [5.41, 5.74) is 6.80. The summed E-state index contributed by atoms with van der Waals surface area (Å²) < 4.78 is 27.2. The molecule has 3 atom stereocenters. The van der Waals surface area contributed by atoms with Gasteiger partial charge < -0.3 is 15.1 Å². The Morgan fingerprint density at radius 1 is 1.13 bits per heavy atom. The van der Waals surface area contributed by atoms with Crippen LogP contribution in [0.1, 0.15) is 59.4 Å². The third-order valence-corrected chi connectivity index (χ3v) is 9.68. The Balaban J connectivity index is 1.68. The van der Waals surface area contributed by atoms with Crippen LogP contribution in [-0.2, 0) is 6.54 Å². The average Bonchev–Trinajstić information content (AvgIpc) is 3.19. The fourth-order valence-corrected chi connectivity index (χ4v) is 5.76. The average molecular weight is 538 g/mol. The lowest BCUT2D eigenvalue weighted by Gasteiger charge is -2.47. The number of piperazine rings is 1. The summed E-state index contributed by atoms with van der Waals surface area (Å²) in [6, 6.07) is 4.45. The minimum atomic E-state index is -0.594. The molecule has 1 aromatic rings. The highest BCUT2D eigenvalue weighted by atomic mass is 32.1. The van der Waals surface area contributed by atoms with E-state index in [1.54, 1.807) is 0 Å². The van der Waals surface area contributed by atoms with Gasteiger partial charge in [-0.15, -0.1) is 0 Å². The lowest BCUT2D eigenvalue weighted by Crippen LogP contribution is -2.48. The van der Waals surface area contributed by atoms with Crippen LogP contribution in [-0.4, -0.2) is 33.2 Å². The first kappa shape index (κ1) is 28.3. The van der Waals surface area contributed by atoms with Gasteiger partial charge in [0.2, 0.25) is 0 Å². The highest BCUT2D eigenvalue weighted by molar-refractivity contribution is 7.82. The molecule has 6 heteroatoms. The van der Waals surface area contributed by atoms with E-state index >= 15 is 0 Å². The van der Waals surface area contributed by atoms with Crippen molar-refractivity contribution in [2.45, 2.75) is 77.3 Å². The standard InChI is InChI=1S/C32H41F2N3S/c1-19(32(9,38)31(6,7)8)14-27-21(3)28(22(4)35-16-24-11-12-25(33)15-29(24)34)18-36-17-26-13-10-20(2)37(26)23(5)30(27)36/h11-12,15,18,20,26,35,38H,1,3-5,10,13-14,16-17H2,2,6-9H3. The maximum atomic E-state index is 14.3. The number of allylic oxidation sites excluding steroid dienone is 2. The minimum absolute atomic E-state index is 0.102. The van der Waals surface area contributed by atoms with Crippen LogP contribution in [0, 0.1) is 17.0 Å². The van der Waals surface area contributed by atoms with Crippen molar-refractivity contribution in [2.24, 2.45) is 5.41 Å². The maximum absolute atomic E-state index is 14.3. The third-order valence-electron chi connectivity index (χ3n) is 8.70. The number of fused-ring (bicyclic) bond motifs is 2. The molecule has 0 spiro atoms. The first-order chi connectivity index (χ1) is 17.6. The van der Waals surface area contributed by atoms with E-state index < -0.39 is 16.4 Å². The van der Waals surface area contributed by atoms with Gasteiger partial charge in [0.05, 0.1) is 11.4 Å². The topological polar surface area (TPSA) is 18.5 Å². The molecule has 3 aliphatic rings. The van der Waals surface area contributed by atoms with E-state index in [1.807, 2.05) is 0 Å². The molecule has 3 aliphatic heterocycles. The van der Waals surface area contributed by atoms with Crippen molar-refractivity contribution in [3.8, 4) is 0 Å². The van der Waals surface area contributed by atoms with Crippen molar-refractivity contribution in [3.63, 3.8) is 0 Å². The molecule has 3 unspecified atom stereocenters. The van der Waals surface area contributed by atoms with Gasteiger partial charge in [0, 0.05) is 59.0 Å². The van der Waals surface area contributed by atoms with Gasteiger partial charge in [0.1, 0.15) is 11.6 Å². The lowest BCUT2D eigenvalue weighted by molar-refractivity contribution is 0.187. The van der Waals surface area contributed by atoms with Gasteiger partial charge in [-0.3, -0.25) is 0 Å². The van der Waals surface area contributed by atoms with Crippen molar-refractivity contribution in [3.05, 3.63) is 107 Å². The molecule has 2 fully saturated rings. The second-order valence-electron chi connectivity index (χ2n) is 12.1. The molecule has 1 N–H and O–H groups in total. The quantitative estimate of drug-likeness (QED) is 0.275. The molecule has 1 aromatic carbocycles. The number of nitrogens with one attached hydrogen (secondary N) is 1. The molecule has 204 valence electrons. The molecule has 0 aromatic heterocycles. The van der Waals surface area contributed by atoms with Gasteiger partial charge in [-0.2, -0.15) is 12.6 Å². The fraction of sp³-hybridized carbons (Fsp3) is 0.438. The van der Waals surface area contributed by atoms with Crippen LogP contribution >= 0.6 is 12.6 Å². The summed E-state index contributed by atoms with van der Waals surface area (Å²) in [5, 5.41) is 3.24. The van der Waals surface area contributed by atoms with Crippen molar-refractivity contribution in [1.82, 2.24) is 15.1 Å². The van der Waals surface area contributed by atoms with Crippen LogP contribution in [0.3, 0.4) is 0 Å². The van der Waals surface area contributed by atoms with Gasteiger partial charge in [-0.05, 0) is 55.7 Å². The van der Waals surface area contributed by atoms with E-state index in [9.17, 15) is 8.78 Å². The molecule has 4 rings (SSSR count). The molecule has 0 aliphatic carbocycles. The highest BCUT2D eigenvalue weighted by Crippen LogP contribution is 2.48. The summed E-state index contributed by atoms with van der Waals surface area (Å²) in [6.07, 6.45) is 4.96. The van der Waals surface area contributed by atoms with Gasteiger partial charge >= 0.3 is 0 Å². The zero-order valence-electron chi connectivity index (χ0n) is 23.4. The molecule has 3 nitrogen and oxygen atoms in total. The first-order valence-electron chi connectivity index (χ1n) is 13.3. The Hall–Kier alpha value is -2.73. The number of hydrogen-bond acceptors (Lipinski definition) is 4. The lowest BCUT2D eigenvalue weighted by atomic mass is 9.74. The largest absolute Gasteiger partial charge is 0.381 e. The molecule has 0 saturated carbocycles. The number of halogens is 2. The predicted molar refractivity (Wildman–Crippen MR) is 157 cm³/mol. The molecule has 38 heavy (non-hydrogen) atoms. The Bertz CT molecular complexity index is 1260. The van der Waals surface area contributed by atoms with Crippen LogP contribution in [0.5, 0.6) is 0 Å². The van der Waals surface area contributed by atoms with Crippen LogP contribution < -0.4 is 5.32 Å². The summed E-state index contributed by atoms with van der Waals surface area (Å²) in [4.78, 5) is 4.75. The molecule has 0 amide bonds. The fourth-order valence-electron chi connectivity index (χ4n) is 5.68. The monoisotopic (exact) mass is 537 g/mol.